The summed E-state index contributed by atoms with van der Waals surface area (Å²) in [7, 11) is 0. The number of ether oxygens (including phenoxy) is 1. The molecule has 6 nitrogen and oxygen atoms in total. The van der Waals surface area contributed by atoms with Crippen LogP contribution in [-0.4, -0.2) is 56.6 Å². The molecule has 0 spiro atoms. The zero-order chi connectivity index (χ0) is 14.8. The van der Waals surface area contributed by atoms with Gasteiger partial charge in [0.05, 0.1) is 24.0 Å². The SMILES string of the molecule is O=C1OCC(CO)N1c1ccc(N2CCNCC2)c(F)c1. The topological polar surface area (TPSA) is 65.0 Å². The number of benzene rings is 1. The highest BCUT2D eigenvalue weighted by Gasteiger charge is 2.34. The van der Waals surface area contributed by atoms with Crippen molar-refractivity contribution in [3.05, 3.63) is 24.0 Å². The lowest BCUT2D eigenvalue weighted by atomic mass is 10.2. The van der Waals surface area contributed by atoms with E-state index in [1.165, 1.54) is 11.0 Å². The average molecular weight is 295 g/mol. The molecule has 0 aliphatic carbocycles. The molecule has 1 unspecified atom stereocenters. The summed E-state index contributed by atoms with van der Waals surface area (Å²) in [5.41, 5.74) is 0.946. The van der Waals surface area contributed by atoms with Gasteiger partial charge < -0.3 is 20.1 Å². The number of hydrogen-bond donors (Lipinski definition) is 2. The summed E-state index contributed by atoms with van der Waals surface area (Å²) >= 11 is 0. The van der Waals surface area contributed by atoms with Crippen LogP contribution in [0.1, 0.15) is 0 Å². The van der Waals surface area contributed by atoms with Crippen molar-refractivity contribution in [2.24, 2.45) is 0 Å². The third kappa shape index (κ3) is 2.66. The molecule has 1 amide bonds. The number of halogens is 1. The summed E-state index contributed by atoms with van der Waals surface area (Å²) in [5, 5.41) is 12.5. The smallest absolute Gasteiger partial charge is 0.414 e. The Morgan fingerprint density at radius 2 is 2.14 bits per heavy atom. The number of carbonyl (C=O) groups excluding carboxylic acids is 1. The summed E-state index contributed by atoms with van der Waals surface area (Å²) in [5.74, 6) is -0.370. The molecular formula is C14H18FN3O3. The maximum absolute atomic E-state index is 14.3. The molecule has 2 saturated heterocycles. The van der Waals surface area contributed by atoms with E-state index >= 15 is 0 Å². The van der Waals surface area contributed by atoms with Gasteiger partial charge in [-0.3, -0.25) is 4.90 Å². The first-order chi connectivity index (χ1) is 10.2. The van der Waals surface area contributed by atoms with Gasteiger partial charge in [0.15, 0.2) is 0 Å². The Kier molecular flexibility index (Phi) is 3.94. The number of hydrogen-bond acceptors (Lipinski definition) is 5. The molecular weight excluding hydrogens is 277 g/mol. The van der Waals surface area contributed by atoms with Crippen molar-refractivity contribution < 1.29 is 19.0 Å². The van der Waals surface area contributed by atoms with Crippen molar-refractivity contribution in [2.75, 3.05) is 49.2 Å². The molecule has 1 aromatic rings. The maximum atomic E-state index is 14.3. The highest BCUT2D eigenvalue weighted by Crippen LogP contribution is 2.28. The lowest BCUT2D eigenvalue weighted by molar-refractivity contribution is 0.174. The minimum atomic E-state index is -0.552. The second-order valence-corrected chi connectivity index (χ2v) is 5.16. The first-order valence-corrected chi connectivity index (χ1v) is 7.03. The van der Waals surface area contributed by atoms with E-state index in [0.717, 1.165) is 26.2 Å². The van der Waals surface area contributed by atoms with Crippen molar-refractivity contribution in [1.29, 1.82) is 0 Å². The Bertz CT molecular complexity index is 534. The summed E-state index contributed by atoms with van der Waals surface area (Å²) in [6.07, 6.45) is -0.552. The van der Waals surface area contributed by atoms with Crippen LogP contribution in [0, 0.1) is 5.82 Å². The lowest BCUT2D eigenvalue weighted by Gasteiger charge is -2.30. The van der Waals surface area contributed by atoms with Gasteiger partial charge in [-0.15, -0.1) is 0 Å². The molecule has 0 aromatic heterocycles. The Balaban J connectivity index is 1.85. The van der Waals surface area contributed by atoms with Gasteiger partial charge in [-0.1, -0.05) is 0 Å². The molecule has 1 aromatic carbocycles. The highest BCUT2D eigenvalue weighted by atomic mass is 19.1. The van der Waals surface area contributed by atoms with Crippen molar-refractivity contribution in [3.8, 4) is 0 Å². The Hall–Kier alpha value is -1.86. The molecule has 2 heterocycles. The second-order valence-electron chi connectivity index (χ2n) is 5.16. The van der Waals surface area contributed by atoms with Crippen LogP contribution in [0.15, 0.2) is 18.2 Å². The number of nitrogens with zero attached hydrogens (tertiary/aromatic N) is 2. The minimum Gasteiger partial charge on any atom is -0.447 e. The molecule has 3 rings (SSSR count). The van der Waals surface area contributed by atoms with E-state index in [4.69, 9.17) is 4.74 Å². The molecule has 1 atom stereocenters. The highest BCUT2D eigenvalue weighted by molar-refractivity contribution is 5.90. The number of aliphatic hydroxyl groups is 1. The fourth-order valence-corrected chi connectivity index (χ4v) is 2.72. The van der Waals surface area contributed by atoms with E-state index in [0.29, 0.717) is 11.4 Å². The van der Waals surface area contributed by atoms with Crippen LogP contribution in [0.5, 0.6) is 0 Å². The lowest BCUT2D eigenvalue weighted by Crippen LogP contribution is -2.44. The average Bonchev–Trinajstić information content (AvgIpc) is 2.89. The molecule has 0 radical (unpaired) electrons. The third-order valence-corrected chi connectivity index (χ3v) is 3.84. The summed E-state index contributed by atoms with van der Waals surface area (Å²) < 4.78 is 19.2. The Morgan fingerprint density at radius 3 is 2.81 bits per heavy atom. The van der Waals surface area contributed by atoms with Crippen LogP contribution in [-0.2, 0) is 4.74 Å². The van der Waals surface area contributed by atoms with Crippen molar-refractivity contribution in [3.63, 3.8) is 0 Å². The van der Waals surface area contributed by atoms with Crippen LogP contribution < -0.4 is 15.1 Å². The van der Waals surface area contributed by atoms with E-state index in [-0.39, 0.29) is 19.0 Å². The summed E-state index contributed by atoms with van der Waals surface area (Å²) in [4.78, 5) is 15.0. The first-order valence-electron chi connectivity index (χ1n) is 7.03. The van der Waals surface area contributed by atoms with Crippen molar-refractivity contribution in [2.45, 2.75) is 6.04 Å². The molecule has 21 heavy (non-hydrogen) atoms. The first kappa shape index (κ1) is 14.1. The van der Waals surface area contributed by atoms with Gasteiger partial charge in [-0.05, 0) is 18.2 Å². The monoisotopic (exact) mass is 295 g/mol. The Labute approximate surface area is 122 Å². The predicted octanol–water partition coefficient (Wildman–Crippen LogP) is 0.553. The number of anilines is 2. The summed E-state index contributed by atoms with van der Waals surface area (Å²) in [6.45, 7) is 3.06. The molecule has 2 aliphatic heterocycles. The molecule has 2 fully saturated rings. The molecule has 2 N–H and O–H groups in total. The Morgan fingerprint density at radius 1 is 1.38 bits per heavy atom. The van der Waals surface area contributed by atoms with Crippen molar-refractivity contribution in [1.82, 2.24) is 5.32 Å². The van der Waals surface area contributed by atoms with E-state index < -0.39 is 12.1 Å². The molecule has 7 heteroatoms. The number of aliphatic hydroxyl groups excluding tert-OH is 1. The van der Waals surface area contributed by atoms with Crippen molar-refractivity contribution >= 4 is 17.5 Å². The second kappa shape index (κ2) is 5.87. The number of nitrogens with one attached hydrogen (secondary N) is 1. The van der Waals surface area contributed by atoms with E-state index in [1.54, 1.807) is 12.1 Å². The fraction of sp³-hybridized carbons (Fsp3) is 0.500. The minimum absolute atomic E-state index is 0.122. The summed E-state index contributed by atoms with van der Waals surface area (Å²) in [6, 6.07) is 4.24. The van der Waals surface area contributed by atoms with Crippen LogP contribution in [0.4, 0.5) is 20.6 Å². The van der Waals surface area contributed by atoms with Gasteiger partial charge in [-0.25, -0.2) is 9.18 Å². The van der Waals surface area contributed by atoms with Crippen LogP contribution >= 0.6 is 0 Å². The van der Waals surface area contributed by atoms with Gasteiger partial charge in [-0.2, -0.15) is 0 Å². The predicted molar refractivity (Wildman–Crippen MR) is 76.2 cm³/mol. The van der Waals surface area contributed by atoms with E-state index in [1.807, 2.05) is 4.90 Å². The zero-order valence-corrected chi connectivity index (χ0v) is 11.6. The van der Waals surface area contributed by atoms with Gasteiger partial charge in [0.2, 0.25) is 0 Å². The van der Waals surface area contributed by atoms with Crippen LogP contribution in [0.25, 0.3) is 0 Å². The largest absolute Gasteiger partial charge is 0.447 e. The number of rotatable bonds is 3. The number of cyclic esters (lactones) is 1. The molecule has 0 bridgehead atoms. The van der Waals surface area contributed by atoms with Gasteiger partial charge in [0.25, 0.3) is 0 Å². The molecule has 0 saturated carbocycles. The molecule has 2 aliphatic rings. The quantitative estimate of drug-likeness (QED) is 0.853. The van der Waals surface area contributed by atoms with Crippen LogP contribution in [0.2, 0.25) is 0 Å². The number of amides is 1. The normalized spacial score (nSPS) is 22.6. The number of piperazine rings is 1. The number of carbonyl (C=O) groups is 1. The third-order valence-electron chi connectivity index (χ3n) is 3.84. The zero-order valence-electron chi connectivity index (χ0n) is 11.6. The van der Waals surface area contributed by atoms with E-state index in [9.17, 15) is 14.3 Å². The fourth-order valence-electron chi connectivity index (χ4n) is 2.72. The van der Waals surface area contributed by atoms with Gasteiger partial charge in [0.1, 0.15) is 12.4 Å². The van der Waals surface area contributed by atoms with Crippen LogP contribution in [0.3, 0.4) is 0 Å². The molecule has 114 valence electrons. The van der Waals surface area contributed by atoms with Gasteiger partial charge in [0, 0.05) is 26.2 Å². The van der Waals surface area contributed by atoms with Gasteiger partial charge >= 0.3 is 6.09 Å². The standard InChI is InChI=1S/C14H18FN3O3/c15-12-7-10(18-11(8-19)9-21-14(18)20)1-2-13(12)17-5-3-16-4-6-17/h1-2,7,11,16,19H,3-6,8-9H2. The van der Waals surface area contributed by atoms with E-state index in [2.05, 4.69) is 5.32 Å². The maximum Gasteiger partial charge on any atom is 0.414 e.